The number of rotatable bonds is 4. The summed E-state index contributed by atoms with van der Waals surface area (Å²) in [6, 6.07) is 5.94. The quantitative estimate of drug-likeness (QED) is 0.379. The molecular formula is C28H27F2N3O2. The number of aryl methyl sites for hydroxylation is 1. The second-order valence-corrected chi connectivity index (χ2v) is 10.3. The number of hydrogen-bond acceptors (Lipinski definition) is 5. The largest absolute Gasteiger partial charge is 0.508 e. The standard InChI is InChI=1S/C28H27F2N3O2/c1-4-16-21(29)6-5-13-7-15(34)10-19(22(13)16)25-23(30)26-20(11-31-25)24(32-28(33-26)12(2)3)14-8-17-18(9-14)27(17)35/h5-7,10-12,14,17-18,27,34-35H,4,8-9H2,1-3H3. The van der Waals surface area contributed by atoms with Gasteiger partial charge in [-0.25, -0.2) is 18.7 Å². The molecule has 2 N–H and O–H groups in total. The minimum atomic E-state index is -0.602. The van der Waals surface area contributed by atoms with Crippen LogP contribution in [0.25, 0.3) is 32.9 Å². The molecule has 6 rings (SSSR count). The fraction of sp³-hybridized carbons (Fsp3) is 0.393. The van der Waals surface area contributed by atoms with Gasteiger partial charge in [0, 0.05) is 29.0 Å². The number of aliphatic hydroxyl groups is 1. The number of phenols is 1. The molecule has 0 saturated heterocycles. The van der Waals surface area contributed by atoms with E-state index in [-0.39, 0.29) is 40.7 Å². The second kappa shape index (κ2) is 7.92. The molecule has 7 heteroatoms. The van der Waals surface area contributed by atoms with E-state index in [2.05, 4.69) is 9.97 Å². The van der Waals surface area contributed by atoms with Crippen LogP contribution in [-0.2, 0) is 6.42 Å². The number of phenolic OH excluding ortho intramolecular Hbond substituents is 1. The first-order valence-electron chi connectivity index (χ1n) is 12.3. The predicted molar refractivity (Wildman–Crippen MR) is 130 cm³/mol. The van der Waals surface area contributed by atoms with Crippen molar-refractivity contribution in [3.05, 3.63) is 59.2 Å². The number of pyridine rings is 1. The number of aromatic hydroxyl groups is 1. The minimum absolute atomic E-state index is 0.00178. The Morgan fingerprint density at radius 3 is 2.51 bits per heavy atom. The Morgan fingerprint density at radius 2 is 1.83 bits per heavy atom. The highest BCUT2D eigenvalue weighted by Crippen LogP contribution is 2.58. The molecule has 180 valence electrons. The zero-order valence-corrected chi connectivity index (χ0v) is 19.9. The molecule has 2 aliphatic carbocycles. The van der Waals surface area contributed by atoms with Crippen molar-refractivity contribution < 1.29 is 19.0 Å². The molecular weight excluding hydrogens is 448 g/mol. The number of halogens is 2. The van der Waals surface area contributed by atoms with Gasteiger partial charge in [0.25, 0.3) is 0 Å². The van der Waals surface area contributed by atoms with Crippen molar-refractivity contribution in [2.24, 2.45) is 11.8 Å². The van der Waals surface area contributed by atoms with E-state index in [1.807, 2.05) is 20.8 Å². The number of fused-ring (bicyclic) bond motifs is 3. The van der Waals surface area contributed by atoms with Crippen LogP contribution in [0.15, 0.2) is 30.5 Å². The third kappa shape index (κ3) is 3.39. The molecule has 0 bridgehead atoms. The van der Waals surface area contributed by atoms with E-state index < -0.39 is 5.82 Å². The smallest absolute Gasteiger partial charge is 0.175 e. The average Bonchev–Trinajstić information content (AvgIpc) is 3.22. The summed E-state index contributed by atoms with van der Waals surface area (Å²) in [6.07, 6.45) is 3.45. The summed E-state index contributed by atoms with van der Waals surface area (Å²) < 4.78 is 30.9. The molecule has 2 unspecified atom stereocenters. The molecule has 35 heavy (non-hydrogen) atoms. The Balaban J connectivity index is 1.60. The molecule has 5 nitrogen and oxygen atoms in total. The van der Waals surface area contributed by atoms with Crippen molar-refractivity contribution in [2.75, 3.05) is 0 Å². The summed E-state index contributed by atoms with van der Waals surface area (Å²) in [6.45, 7) is 5.79. The molecule has 2 fully saturated rings. The van der Waals surface area contributed by atoms with Gasteiger partial charge >= 0.3 is 0 Å². The van der Waals surface area contributed by atoms with E-state index in [0.29, 0.717) is 51.4 Å². The predicted octanol–water partition coefficient (Wildman–Crippen LogP) is 6.00. The molecule has 2 aliphatic rings. The Morgan fingerprint density at radius 1 is 1.09 bits per heavy atom. The molecule has 2 aromatic carbocycles. The maximum absolute atomic E-state index is 16.2. The topological polar surface area (TPSA) is 79.1 Å². The summed E-state index contributed by atoms with van der Waals surface area (Å²) in [5.74, 6) is 0.264. The lowest BCUT2D eigenvalue weighted by molar-refractivity contribution is 0.228. The minimum Gasteiger partial charge on any atom is -0.508 e. The Kier molecular flexibility index (Phi) is 5.04. The van der Waals surface area contributed by atoms with Crippen LogP contribution >= 0.6 is 0 Å². The highest BCUT2D eigenvalue weighted by atomic mass is 19.1. The lowest BCUT2D eigenvalue weighted by Crippen LogP contribution is -2.10. The molecule has 2 atom stereocenters. The van der Waals surface area contributed by atoms with Crippen LogP contribution in [0.1, 0.15) is 62.5 Å². The van der Waals surface area contributed by atoms with E-state index in [9.17, 15) is 14.6 Å². The van der Waals surface area contributed by atoms with Gasteiger partial charge in [0.15, 0.2) is 5.82 Å². The van der Waals surface area contributed by atoms with E-state index in [1.165, 1.54) is 12.1 Å². The summed E-state index contributed by atoms with van der Waals surface area (Å²) in [5.41, 5.74) is 1.80. The van der Waals surface area contributed by atoms with Crippen LogP contribution in [0, 0.1) is 23.5 Å². The maximum Gasteiger partial charge on any atom is 0.175 e. The highest BCUT2D eigenvalue weighted by Gasteiger charge is 2.56. The van der Waals surface area contributed by atoms with Gasteiger partial charge in [0.2, 0.25) is 0 Å². The summed E-state index contributed by atoms with van der Waals surface area (Å²) in [5, 5.41) is 22.1. The van der Waals surface area contributed by atoms with Crippen molar-refractivity contribution in [1.29, 1.82) is 0 Å². The fourth-order valence-corrected chi connectivity index (χ4v) is 5.92. The van der Waals surface area contributed by atoms with Gasteiger partial charge in [0.1, 0.15) is 28.6 Å². The van der Waals surface area contributed by atoms with Gasteiger partial charge in [-0.05, 0) is 65.6 Å². The lowest BCUT2D eigenvalue weighted by Gasteiger charge is -2.18. The molecule has 0 aliphatic heterocycles. The van der Waals surface area contributed by atoms with Crippen molar-refractivity contribution in [3.63, 3.8) is 0 Å². The molecule has 2 aromatic heterocycles. The number of aliphatic hydroxyl groups excluding tert-OH is 1. The number of benzene rings is 2. The van der Waals surface area contributed by atoms with E-state index in [4.69, 9.17) is 4.98 Å². The number of hydrogen-bond donors (Lipinski definition) is 2. The fourth-order valence-electron chi connectivity index (χ4n) is 5.92. The lowest BCUT2D eigenvalue weighted by atomic mass is 9.93. The third-order valence-corrected chi connectivity index (χ3v) is 7.80. The van der Waals surface area contributed by atoms with Crippen LogP contribution in [0.3, 0.4) is 0 Å². The van der Waals surface area contributed by atoms with Crippen molar-refractivity contribution in [1.82, 2.24) is 15.0 Å². The molecule has 0 amide bonds. The van der Waals surface area contributed by atoms with Crippen molar-refractivity contribution >= 4 is 21.7 Å². The van der Waals surface area contributed by atoms with Gasteiger partial charge in [-0.3, -0.25) is 4.98 Å². The van der Waals surface area contributed by atoms with Crippen LogP contribution in [0.4, 0.5) is 8.78 Å². The number of aromatic nitrogens is 3. The molecule has 4 aromatic rings. The van der Waals surface area contributed by atoms with Crippen LogP contribution < -0.4 is 0 Å². The van der Waals surface area contributed by atoms with Crippen LogP contribution in [-0.4, -0.2) is 31.3 Å². The van der Waals surface area contributed by atoms with Crippen LogP contribution in [0.5, 0.6) is 5.75 Å². The molecule has 2 saturated carbocycles. The van der Waals surface area contributed by atoms with E-state index >= 15 is 4.39 Å². The molecule has 0 spiro atoms. The SMILES string of the molecule is CCc1c(F)ccc2cc(O)cc(-c3ncc4c(C5CC6C(O)C6C5)nc(C(C)C)nc4c3F)c12. The Bertz CT molecular complexity index is 1490. The summed E-state index contributed by atoms with van der Waals surface area (Å²) in [7, 11) is 0. The maximum atomic E-state index is 16.2. The Labute approximate surface area is 201 Å². The highest BCUT2D eigenvalue weighted by molar-refractivity contribution is 6.01. The van der Waals surface area contributed by atoms with Crippen molar-refractivity contribution in [3.8, 4) is 17.0 Å². The van der Waals surface area contributed by atoms with Gasteiger partial charge in [-0.1, -0.05) is 26.8 Å². The van der Waals surface area contributed by atoms with E-state index in [1.54, 1.807) is 18.3 Å². The Hall–Kier alpha value is -3.19. The molecule has 2 heterocycles. The van der Waals surface area contributed by atoms with Gasteiger partial charge in [0.05, 0.1) is 11.8 Å². The van der Waals surface area contributed by atoms with Gasteiger partial charge in [-0.15, -0.1) is 0 Å². The van der Waals surface area contributed by atoms with Gasteiger partial charge < -0.3 is 10.2 Å². The first-order chi connectivity index (χ1) is 16.8. The van der Waals surface area contributed by atoms with Gasteiger partial charge in [-0.2, -0.15) is 0 Å². The normalized spacial score (nSPS) is 23.4. The third-order valence-electron chi connectivity index (χ3n) is 7.80. The monoisotopic (exact) mass is 475 g/mol. The summed E-state index contributed by atoms with van der Waals surface area (Å²) in [4.78, 5) is 13.9. The summed E-state index contributed by atoms with van der Waals surface area (Å²) >= 11 is 0. The van der Waals surface area contributed by atoms with E-state index in [0.717, 1.165) is 18.5 Å². The first-order valence-corrected chi connectivity index (χ1v) is 12.3. The molecule has 0 radical (unpaired) electrons. The number of nitrogens with zero attached hydrogens (tertiary/aromatic N) is 3. The van der Waals surface area contributed by atoms with Crippen molar-refractivity contribution in [2.45, 2.75) is 58.0 Å². The zero-order chi connectivity index (χ0) is 24.6. The second-order valence-electron chi connectivity index (χ2n) is 10.3. The first kappa shape index (κ1) is 22.3. The van der Waals surface area contributed by atoms with Crippen LogP contribution in [0.2, 0.25) is 0 Å². The zero-order valence-electron chi connectivity index (χ0n) is 19.9. The average molecular weight is 476 g/mol.